The maximum Gasteiger partial charge on any atom is 0.310 e. The van der Waals surface area contributed by atoms with Crippen molar-refractivity contribution in [2.75, 3.05) is 0 Å². The Labute approximate surface area is 75.3 Å². The molecule has 1 saturated heterocycles. The zero-order chi connectivity index (χ0) is 10.2. The summed E-state index contributed by atoms with van der Waals surface area (Å²) in [5.74, 6) is -4.09. The molecule has 1 fully saturated rings. The van der Waals surface area contributed by atoms with Gasteiger partial charge in [-0.1, -0.05) is 0 Å². The summed E-state index contributed by atoms with van der Waals surface area (Å²) in [5, 5.41) is 17.6. The molecule has 1 aliphatic rings. The fraction of sp³-hybridized carbons (Fsp3) is 0.750. The van der Waals surface area contributed by atoms with E-state index in [9.17, 15) is 9.59 Å². The van der Waals surface area contributed by atoms with Crippen molar-refractivity contribution in [3.63, 3.8) is 0 Å². The van der Waals surface area contributed by atoms with Gasteiger partial charge in [0.25, 0.3) is 0 Å². The molecule has 0 aromatic heterocycles. The van der Waals surface area contributed by atoms with E-state index < -0.39 is 36.0 Å². The molecule has 0 spiro atoms. The molecule has 4 atom stereocenters. The molecule has 0 aromatic rings. The van der Waals surface area contributed by atoms with Gasteiger partial charge in [0.2, 0.25) is 0 Å². The smallest absolute Gasteiger partial charge is 0.310 e. The summed E-state index contributed by atoms with van der Waals surface area (Å²) in [6.07, 6.45) is -1.07. The zero-order valence-corrected chi connectivity index (χ0v) is 7.43. The predicted octanol–water partition coefficient (Wildman–Crippen LogP) is 0.195. The normalized spacial score (nSPS) is 38.9. The second-order valence-corrected chi connectivity index (χ2v) is 3.27. The minimum Gasteiger partial charge on any atom is -0.481 e. The van der Waals surface area contributed by atoms with Crippen LogP contribution in [0, 0.1) is 11.8 Å². The third-order valence-corrected chi connectivity index (χ3v) is 2.40. The lowest BCUT2D eigenvalue weighted by atomic mass is 9.88. The number of rotatable bonds is 2. The Balaban J connectivity index is 2.89. The molecule has 1 aliphatic heterocycles. The lowest BCUT2D eigenvalue weighted by Crippen LogP contribution is -2.33. The number of hydrogen-bond donors (Lipinski definition) is 2. The van der Waals surface area contributed by atoms with Crippen LogP contribution in [-0.4, -0.2) is 34.4 Å². The van der Waals surface area contributed by atoms with Crippen LogP contribution in [0.1, 0.15) is 13.8 Å². The van der Waals surface area contributed by atoms with Crippen LogP contribution in [0.3, 0.4) is 0 Å². The van der Waals surface area contributed by atoms with Gasteiger partial charge in [-0.15, -0.1) is 0 Å². The van der Waals surface area contributed by atoms with Crippen molar-refractivity contribution < 1.29 is 24.5 Å². The van der Waals surface area contributed by atoms with Gasteiger partial charge in [0.05, 0.1) is 24.0 Å². The van der Waals surface area contributed by atoms with E-state index in [0.717, 1.165) is 0 Å². The van der Waals surface area contributed by atoms with Crippen molar-refractivity contribution in [1.82, 2.24) is 0 Å². The monoisotopic (exact) mass is 188 g/mol. The highest BCUT2D eigenvalue weighted by atomic mass is 16.5. The lowest BCUT2D eigenvalue weighted by Gasteiger charge is -2.12. The van der Waals surface area contributed by atoms with E-state index >= 15 is 0 Å². The van der Waals surface area contributed by atoms with Gasteiger partial charge in [-0.25, -0.2) is 0 Å². The van der Waals surface area contributed by atoms with Gasteiger partial charge in [0, 0.05) is 0 Å². The molecular weight excluding hydrogens is 176 g/mol. The summed E-state index contributed by atoms with van der Waals surface area (Å²) in [6.45, 7) is 3.16. The van der Waals surface area contributed by atoms with Crippen molar-refractivity contribution in [3.05, 3.63) is 0 Å². The molecule has 0 saturated carbocycles. The lowest BCUT2D eigenvalue weighted by molar-refractivity contribution is -0.152. The van der Waals surface area contributed by atoms with Crippen LogP contribution in [0.25, 0.3) is 0 Å². The number of carboxylic acid groups (broad SMARTS) is 2. The summed E-state index contributed by atoms with van der Waals surface area (Å²) in [5.41, 5.74) is 0. The van der Waals surface area contributed by atoms with Gasteiger partial charge in [-0.05, 0) is 13.8 Å². The van der Waals surface area contributed by atoms with Gasteiger partial charge in [0.1, 0.15) is 0 Å². The molecule has 0 amide bonds. The highest BCUT2D eigenvalue weighted by Gasteiger charge is 2.48. The Bertz CT molecular complexity index is 213. The quantitative estimate of drug-likeness (QED) is 0.646. The van der Waals surface area contributed by atoms with E-state index in [-0.39, 0.29) is 0 Å². The molecule has 0 radical (unpaired) electrons. The third-order valence-electron chi connectivity index (χ3n) is 2.40. The Morgan fingerprint density at radius 2 is 1.31 bits per heavy atom. The second kappa shape index (κ2) is 3.33. The van der Waals surface area contributed by atoms with Crippen molar-refractivity contribution in [3.8, 4) is 0 Å². The molecule has 5 nitrogen and oxygen atoms in total. The maximum atomic E-state index is 10.7. The first-order chi connectivity index (χ1) is 5.95. The Morgan fingerprint density at radius 1 is 1.00 bits per heavy atom. The summed E-state index contributed by atoms with van der Waals surface area (Å²) in [7, 11) is 0. The number of carboxylic acids is 2. The first kappa shape index (κ1) is 9.98. The summed E-state index contributed by atoms with van der Waals surface area (Å²) in [4.78, 5) is 21.5. The molecule has 13 heavy (non-hydrogen) atoms. The summed E-state index contributed by atoms with van der Waals surface area (Å²) < 4.78 is 5.15. The van der Waals surface area contributed by atoms with Crippen molar-refractivity contribution in [1.29, 1.82) is 0 Å². The van der Waals surface area contributed by atoms with Gasteiger partial charge in [0.15, 0.2) is 0 Å². The van der Waals surface area contributed by atoms with E-state index in [1.165, 1.54) is 0 Å². The molecule has 1 heterocycles. The van der Waals surface area contributed by atoms with E-state index in [1.807, 2.05) is 0 Å². The van der Waals surface area contributed by atoms with Crippen LogP contribution < -0.4 is 0 Å². The highest BCUT2D eigenvalue weighted by Crippen LogP contribution is 2.32. The van der Waals surface area contributed by atoms with Crippen LogP contribution in [0.2, 0.25) is 0 Å². The molecule has 5 heteroatoms. The van der Waals surface area contributed by atoms with Crippen LogP contribution >= 0.6 is 0 Å². The van der Waals surface area contributed by atoms with Gasteiger partial charge in [-0.2, -0.15) is 0 Å². The molecule has 0 aromatic carbocycles. The molecule has 1 rings (SSSR count). The number of aliphatic carboxylic acids is 2. The second-order valence-electron chi connectivity index (χ2n) is 3.27. The fourth-order valence-electron chi connectivity index (χ4n) is 1.80. The van der Waals surface area contributed by atoms with Gasteiger partial charge < -0.3 is 14.9 Å². The van der Waals surface area contributed by atoms with E-state index in [4.69, 9.17) is 14.9 Å². The first-order valence-corrected chi connectivity index (χ1v) is 4.06. The first-order valence-electron chi connectivity index (χ1n) is 4.06. The van der Waals surface area contributed by atoms with Crippen molar-refractivity contribution in [2.24, 2.45) is 11.8 Å². The predicted molar refractivity (Wildman–Crippen MR) is 42.3 cm³/mol. The standard InChI is InChI=1S/C8H12O5/c1-3-5(7(9)10)6(8(11)12)4(2)13-3/h3-6H,1-2H3,(H,9,10)(H,11,12). The van der Waals surface area contributed by atoms with E-state index in [0.29, 0.717) is 0 Å². The number of hydrogen-bond acceptors (Lipinski definition) is 3. The molecule has 2 N–H and O–H groups in total. The Kier molecular flexibility index (Phi) is 2.56. The molecular formula is C8H12O5. The van der Waals surface area contributed by atoms with Crippen LogP contribution in [0.5, 0.6) is 0 Å². The highest BCUT2D eigenvalue weighted by molar-refractivity contribution is 5.81. The van der Waals surface area contributed by atoms with Crippen LogP contribution in [0.15, 0.2) is 0 Å². The number of carbonyl (C=O) groups is 2. The zero-order valence-electron chi connectivity index (χ0n) is 7.43. The van der Waals surface area contributed by atoms with Gasteiger partial charge in [-0.3, -0.25) is 9.59 Å². The molecule has 0 aliphatic carbocycles. The van der Waals surface area contributed by atoms with Crippen molar-refractivity contribution >= 4 is 11.9 Å². The molecule has 0 bridgehead atoms. The minimum absolute atomic E-state index is 0.534. The molecule has 4 unspecified atom stereocenters. The minimum atomic E-state index is -1.11. The van der Waals surface area contributed by atoms with E-state index in [1.54, 1.807) is 13.8 Å². The Hall–Kier alpha value is -1.10. The Morgan fingerprint density at radius 3 is 1.54 bits per heavy atom. The molecule has 74 valence electrons. The largest absolute Gasteiger partial charge is 0.481 e. The average Bonchev–Trinajstić information content (AvgIpc) is 2.24. The summed E-state index contributed by atoms with van der Waals surface area (Å²) in [6, 6.07) is 0. The fourth-order valence-corrected chi connectivity index (χ4v) is 1.80. The topological polar surface area (TPSA) is 83.8 Å². The van der Waals surface area contributed by atoms with Crippen LogP contribution in [0.4, 0.5) is 0 Å². The van der Waals surface area contributed by atoms with Gasteiger partial charge >= 0.3 is 11.9 Å². The number of ether oxygens (including phenoxy) is 1. The third kappa shape index (κ3) is 1.65. The van der Waals surface area contributed by atoms with Crippen molar-refractivity contribution in [2.45, 2.75) is 26.1 Å². The maximum absolute atomic E-state index is 10.7. The van der Waals surface area contributed by atoms with Crippen LogP contribution in [-0.2, 0) is 14.3 Å². The SMILES string of the molecule is CC1OC(C)C(C(=O)O)C1C(=O)O. The summed E-state index contributed by atoms with van der Waals surface area (Å²) >= 11 is 0. The average molecular weight is 188 g/mol. The van der Waals surface area contributed by atoms with E-state index in [2.05, 4.69) is 0 Å².